The van der Waals surface area contributed by atoms with Crippen molar-refractivity contribution in [2.45, 2.75) is 0 Å². The number of amides is 1. The Hall–Kier alpha value is -1.66. The van der Waals surface area contributed by atoms with Crippen LogP contribution in [0.5, 0.6) is 0 Å². The number of nitro groups is 1. The number of nitrogens with zero attached hydrogens (tertiary/aromatic N) is 2. The van der Waals surface area contributed by atoms with Gasteiger partial charge in [-0.25, -0.2) is 0 Å². The maximum atomic E-state index is 11.5. The number of rotatable bonds is 2. The fraction of sp³-hybridized carbons (Fsp3) is 0.300. The largest absolute Gasteiger partial charge is 0.370 e. The third-order valence-electron chi connectivity index (χ3n) is 2.36. The molecule has 17 heavy (non-hydrogen) atoms. The third-order valence-corrected chi connectivity index (χ3v) is 2.36. The van der Waals surface area contributed by atoms with E-state index < -0.39 is 4.92 Å². The Morgan fingerprint density at radius 1 is 1.29 bits per heavy atom. The molecule has 0 bridgehead atoms. The minimum atomic E-state index is -0.467. The number of halogens is 1. The quantitative estimate of drug-likeness (QED) is 0.593. The standard InChI is InChI=1S/C10H10N2O4.ClH/c13-10-7-16-6-5-11(10)8-1-3-9(4-2-8)12(14)15;/h1-4H,5-7H2;1H. The molecule has 0 atom stereocenters. The summed E-state index contributed by atoms with van der Waals surface area (Å²) in [5, 5.41) is 10.5. The van der Waals surface area contributed by atoms with Crippen LogP contribution in [-0.2, 0) is 9.53 Å². The summed E-state index contributed by atoms with van der Waals surface area (Å²) < 4.78 is 5.00. The van der Waals surface area contributed by atoms with E-state index in [1.54, 1.807) is 17.0 Å². The van der Waals surface area contributed by atoms with Gasteiger partial charge in [-0.05, 0) is 12.1 Å². The molecule has 0 aromatic heterocycles. The molecule has 1 heterocycles. The van der Waals surface area contributed by atoms with Crippen molar-refractivity contribution in [3.05, 3.63) is 34.4 Å². The van der Waals surface area contributed by atoms with E-state index in [1.165, 1.54) is 12.1 Å². The number of benzene rings is 1. The predicted molar refractivity (Wildman–Crippen MR) is 63.5 cm³/mol. The number of non-ortho nitro benzene ring substituents is 1. The van der Waals surface area contributed by atoms with Gasteiger partial charge >= 0.3 is 0 Å². The number of anilines is 1. The number of hydrogen-bond donors (Lipinski definition) is 0. The smallest absolute Gasteiger partial charge is 0.269 e. The van der Waals surface area contributed by atoms with Crippen molar-refractivity contribution in [1.29, 1.82) is 0 Å². The van der Waals surface area contributed by atoms with Gasteiger partial charge in [0.2, 0.25) is 0 Å². The Balaban J connectivity index is 0.00000144. The molecule has 1 fully saturated rings. The summed E-state index contributed by atoms with van der Waals surface area (Å²) in [5.41, 5.74) is 0.684. The van der Waals surface area contributed by atoms with E-state index in [0.717, 1.165) is 0 Å². The highest BCUT2D eigenvalue weighted by atomic mass is 35.5. The van der Waals surface area contributed by atoms with E-state index in [2.05, 4.69) is 0 Å². The Labute approximate surface area is 104 Å². The average Bonchev–Trinajstić information content (AvgIpc) is 2.30. The molecule has 1 aromatic rings. The molecule has 0 spiro atoms. The number of nitro benzene ring substituents is 1. The van der Waals surface area contributed by atoms with Gasteiger partial charge in [0.15, 0.2) is 0 Å². The topological polar surface area (TPSA) is 72.7 Å². The highest BCUT2D eigenvalue weighted by Crippen LogP contribution is 2.20. The Morgan fingerprint density at radius 3 is 2.47 bits per heavy atom. The van der Waals surface area contributed by atoms with Crippen LogP contribution in [0, 0.1) is 10.1 Å². The van der Waals surface area contributed by atoms with Crippen LogP contribution in [0.1, 0.15) is 0 Å². The second-order valence-electron chi connectivity index (χ2n) is 3.37. The molecule has 1 aliphatic heterocycles. The van der Waals surface area contributed by atoms with Gasteiger partial charge in [0, 0.05) is 24.4 Å². The molecule has 7 heteroatoms. The summed E-state index contributed by atoms with van der Waals surface area (Å²) in [5.74, 6) is -0.125. The van der Waals surface area contributed by atoms with Gasteiger partial charge in [0.05, 0.1) is 11.5 Å². The molecule has 1 aliphatic rings. The van der Waals surface area contributed by atoms with Gasteiger partial charge in [-0.3, -0.25) is 14.9 Å². The molecule has 1 saturated heterocycles. The van der Waals surface area contributed by atoms with Gasteiger partial charge in [-0.1, -0.05) is 0 Å². The highest BCUT2D eigenvalue weighted by Gasteiger charge is 2.20. The Bertz CT molecular complexity index is 421. The summed E-state index contributed by atoms with van der Waals surface area (Å²) >= 11 is 0. The monoisotopic (exact) mass is 258 g/mol. The van der Waals surface area contributed by atoms with Crippen LogP contribution in [-0.4, -0.2) is 30.6 Å². The molecule has 2 rings (SSSR count). The van der Waals surface area contributed by atoms with Crippen LogP contribution in [0.25, 0.3) is 0 Å². The lowest BCUT2D eigenvalue weighted by molar-refractivity contribution is -0.384. The van der Waals surface area contributed by atoms with Gasteiger partial charge in [0.1, 0.15) is 6.61 Å². The maximum absolute atomic E-state index is 11.5. The summed E-state index contributed by atoms with van der Waals surface area (Å²) in [6, 6.07) is 5.92. The summed E-state index contributed by atoms with van der Waals surface area (Å²) in [7, 11) is 0. The van der Waals surface area contributed by atoms with Crippen LogP contribution in [0.15, 0.2) is 24.3 Å². The van der Waals surface area contributed by atoms with E-state index in [-0.39, 0.29) is 30.6 Å². The Morgan fingerprint density at radius 2 is 1.94 bits per heavy atom. The second-order valence-corrected chi connectivity index (χ2v) is 3.37. The normalized spacial score (nSPS) is 15.3. The van der Waals surface area contributed by atoms with E-state index in [9.17, 15) is 14.9 Å². The highest BCUT2D eigenvalue weighted by molar-refractivity contribution is 5.94. The summed E-state index contributed by atoms with van der Waals surface area (Å²) in [6.07, 6.45) is 0. The first-order valence-corrected chi connectivity index (χ1v) is 4.81. The van der Waals surface area contributed by atoms with E-state index >= 15 is 0 Å². The zero-order chi connectivity index (χ0) is 11.5. The molecule has 92 valence electrons. The Kier molecular flexibility index (Phi) is 4.42. The maximum Gasteiger partial charge on any atom is 0.269 e. The van der Waals surface area contributed by atoms with Crippen LogP contribution in [0.2, 0.25) is 0 Å². The van der Waals surface area contributed by atoms with E-state index in [0.29, 0.717) is 18.8 Å². The molecular weight excluding hydrogens is 248 g/mol. The average molecular weight is 259 g/mol. The number of ether oxygens (including phenoxy) is 1. The zero-order valence-corrected chi connectivity index (χ0v) is 9.68. The lowest BCUT2D eigenvalue weighted by atomic mass is 10.2. The van der Waals surface area contributed by atoms with Gasteiger partial charge in [-0.2, -0.15) is 0 Å². The zero-order valence-electron chi connectivity index (χ0n) is 8.87. The molecule has 0 N–H and O–H groups in total. The second kappa shape index (κ2) is 5.60. The van der Waals surface area contributed by atoms with Crippen molar-refractivity contribution in [2.24, 2.45) is 0 Å². The van der Waals surface area contributed by atoms with Crippen molar-refractivity contribution >= 4 is 29.7 Å². The molecular formula is C10H11ClN2O4. The van der Waals surface area contributed by atoms with Gasteiger partial charge < -0.3 is 9.64 Å². The lowest BCUT2D eigenvalue weighted by Crippen LogP contribution is -2.41. The predicted octanol–water partition coefficient (Wildman–Crippen LogP) is 1.38. The molecule has 0 unspecified atom stereocenters. The van der Waals surface area contributed by atoms with Crippen molar-refractivity contribution in [3.63, 3.8) is 0 Å². The van der Waals surface area contributed by atoms with Crippen LogP contribution in [0.4, 0.5) is 11.4 Å². The number of carbonyl (C=O) groups is 1. The van der Waals surface area contributed by atoms with Crippen LogP contribution >= 0.6 is 12.4 Å². The van der Waals surface area contributed by atoms with Crippen molar-refractivity contribution in [1.82, 2.24) is 0 Å². The number of hydrogen-bond acceptors (Lipinski definition) is 4. The third kappa shape index (κ3) is 2.92. The van der Waals surface area contributed by atoms with Crippen LogP contribution < -0.4 is 4.90 Å². The first-order chi connectivity index (χ1) is 7.68. The molecule has 0 saturated carbocycles. The molecule has 1 amide bonds. The fourth-order valence-corrected chi connectivity index (χ4v) is 1.55. The van der Waals surface area contributed by atoms with Crippen LogP contribution in [0.3, 0.4) is 0 Å². The number of carbonyl (C=O) groups excluding carboxylic acids is 1. The van der Waals surface area contributed by atoms with E-state index in [4.69, 9.17) is 4.74 Å². The minimum Gasteiger partial charge on any atom is -0.370 e. The molecule has 0 radical (unpaired) electrons. The minimum absolute atomic E-state index is 0. The molecule has 6 nitrogen and oxygen atoms in total. The van der Waals surface area contributed by atoms with Crippen molar-refractivity contribution < 1.29 is 14.5 Å². The molecule has 0 aliphatic carbocycles. The SMILES string of the molecule is Cl.O=C1COCCN1c1ccc([N+](=O)[O-])cc1. The number of morpholine rings is 1. The van der Waals surface area contributed by atoms with E-state index in [1.807, 2.05) is 0 Å². The first kappa shape index (κ1) is 13.4. The fourth-order valence-electron chi connectivity index (χ4n) is 1.55. The summed E-state index contributed by atoms with van der Waals surface area (Å²) in [4.78, 5) is 23.0. The van der Waals surface area contributed by atoms with Gasteiger partial charge in [-0.15, -0.1) is 12.4 Å². The lowest BCUT2D eigenvalue weighted by Gasteiger charge is -2.26. The molecule has 1 aromatic carbocycles. The van der Waals surface area contributed by atoms with Gasteiger partial charge in [0.25, 0.3) is 11.6 Å². The van der Waals surface area contributed by atoms with Crippen molar-refractivity contribution in [3.8, 4) is 0 Å². The van der Waals surface area contributed by atoms with Crippen molar-refractivity contribution in [2.75, 3.05) is 24.7 Å². The summed E-state index contributed by atoms with van der Waals surface area (Å²) in [6.45, 7) is 1.04. The first-order valence-electron chi connectivity index (χ1n) is 4.81.